The Kier molecular flexibility index (Phi) is 5.28. The first kappa shape index (κ1) is 15.0. The number of carbonyl (C=O) groups is 2. The average Bonchev–Trinajstić information content (AvgIpc) is 2.98. The zero-order chi connectivity index (χ0) is 15.1. The third kappa shape index (κ3) is 4.88. The second-order valence-corrected chi connectivity index (χ2v) is 5.18. The lowest BCUT2D eigenvalue weighted by Crippen LogP contribution is -2.35. The Labute approximate surface area is 126 Å². The summed E-state index contributed by atoms with van der Waals surface area (Å²) in [5.74, 6) is -0.316. The van der Waals surface area contributed by atoms with Crippen molar-refractivity contribution in [2.45, 2.75) is 6.61 Å². The molecule has 0 aliphatic carbocycles. The van der Waals surface area contributed by atoms with Crippen molar-refractivity contribution in [2.75, 3.05) is 18.9 Å². The van der Waals surface area contributed by atoms with E-state index in [1.54, 1.807) is 11.6 Å². The van der Waals surface area contributed by atoms with Gasteiger partial charge in [-0.1, -0.05) is 30.3 Å². The van der Waals surface area contributed by atoms with Crippen molar-refractivity contribution < 1.29 is 14.3 Å². The lowest BCUT2D eigenvalue weighted by Gasteiger charge is -2.16. The van der Waals surface area contributed by atoms with Gasteiger partial charge in [0.25, 0.3) is 0 Å². The Morgan fingerprint density at radius 3 is 2.76 bits per heavy atom. The van der Waals surface area contributed by atoms with Crippen LogP contribution in [-0.4, -0.2) is 35.5 Å². The summed E-state index contributed by atoms with van der Waals surface area (Å²) in [5, 5.41) is 4.86. The zero-order valence-electron chi connectivity index (χ0n) is 11.5. The normalized spacial score (nSPS) is 9.95. The van der Waals surface area contributed by atoms with E-state index in [1.807, 2.05) is 30.3 Å². The minimum Gasteiger partial charge on any atom is -0.445 e. The Morgan fingerprint density at radius 1 is 1.33 bits per heavy atom. The van der Waals surface area contributed by atoms with E-state index in [2.05, 4.69) is 10.3 Å². The lowest BCUT2D eigenvalue weighted by atomic mass is 10.2. The average molecular weight is 305 g/mol. The van der Waals surface area contributed by atoms with Crippen molar-refractivity contribution in [3.63, 3.8) is 0 Å². The monoisotopic (exact) mass is 305 g/mol. The van der Waals surface area contributed by atoms with Crippen LogP contribution >= 0.6 is 11.3 Å². The molecule has 0 radical (unpaired) electrons. The van der Waals surface area contributed by atoms with Crippen LogP contribution in [-0.2, 0) is 16.1 Å². The van der Waals surface area contributed by atoms with Gasteiger partial charge in [-0.15, -0.1) is 11.3 Å². The molecule has 2 amide bonds. The number of carbonyl (C=O) groups excluding carboxylic acids is 2. The molecule has 2 aromatic rings. The van der Waals surface area contributed by atoms with Gasteiger partial charge in [-0.3, -0.25) is 4.79 Å². The van der Waals surface area contributed by atoms with Crippen LogP contribution in [0.15, 0.2) is 41.9 Å². The van der Waals surface area contributed by atoms with Gasteiger partial charge in [0.05, 0.1) is 0 Å². The largest absolute Gasteiger partial charge is 0.445 e. The molecule has 0 aliphatic heterocycles. The molecule has 1 aromatic heterocycles. The van der Waals surface area contributed by atoms with Crippen LogP contribution < -0.4 is 5.32 Å². The van der Waals surface area contributed by atoms with Crippen LogP contribution in [0, 0.1) is 0 Å². The molecule has 0 saturated heterocycles. The maximum absolute atomic E-state index is 11.8. The molecule has 0 saturated carbocycles. The molecule has 0 atom stereocenters. The van der Waals surface area contributed by atoms with Crippen molar-refractivity contribution in [1.82, 2.24) is 9.88 Å². The summed E-state index contributed by atoms with van der Waals surface area (Å²) >= 11 is 1.32. The predicted octanol–water partition coefficient (Wildman–Crippen LogP) is 2.35. The molecule has 0 bridgehead atoms. The molecule has 1 aromatic carbocycles. The maximum Gasteiger partial charge on any atom is 0.410 e. The Morgan fingerprint density at radius 2 is 2.10 bits per heavy atom. The Bertz CT molecular complexity index is 587. The van der Waals surface area contributed by atoms with Crippen molar-refractivity contribution in [1.29, 1.82) is 0 Å². The van der Waals surface area contributed by atoms with E-state index in [4.69, 9.17) is 4.74 Å². The molecule has 1 heterocycles. The molecule has 0 aliphatic rings. The highest BCUT2D eigenvalue weighted by atomic mass is 32.1. The molecular formula is C14H15N3O3S. The van der Waals surface area contributed by atoms with E-state index in [9.17, 15) is 9.59 Å². The fourth-order valence-electron chi connectivity index (χ4n) is 1.55. The molecule has 0 unspecified atom stereocenters. The standard InChI is InChI=1S/C14H15N3O3S/c1-17(9-12(18)16-13-15-7-8-21-13)14(19)20-10-11-5-3-2-4-6-11/h2-8H,9-10H2,1H3,(H,15,16,18). The summed E-state index contributed by atoms with van der Waals surface area (Å²) in [5.41, 5.74) is 0.895. The number of ether oxygens (including phenoxy) is 1. The van der Waals surface area contributed by atoms with Gasteiger partial charge in [-0.05, 0) is 5.56 Å². The smallest absolute Gasteiger partial charge is 0.410 e. The summed E-state index contributed by atoms with van der Waals surface area (Å²) in [7, 11) is 1.51. The third-order valence-electron chi connectivity index (χ3n) is 2.58. The molecule has 0 fully saturated rings. The number of hydrogen-bond donors (Lipinski definition) is 1. The van der Waals surface area contributed by atoms with Crippen LogP contribution in [0.2, 0.25) is 0 Å². The summed E-state index contributed by atoms with van der Waals surface area (Å²) in [4.78, 5) is 28.6. The number of nitrogens with one attached hydrogen (secondary N) is 1. The number of hydrogen-bond acceptors (Lipinski definition) is 5. The van der Waals surface area contributed by atoms with Gasteiger partial charge >= 0.3 is 6.09 Å². The van der Waals surface area contributed by atoms with Crippen LogP contribution in [0.3, 0.4) is 0 Å². The lowest BCUT2D eigenvalue weighted by molar-refractivity contribution is -0.116. The second-order valence-electron chi connectivity index (χ2n) is 4.28. The van der Waals surface area contributed by atoms with Gasteiger partial charge < -0.3 is 15.0 Å². The molecular weight excluding hydrogens is 290 g/mol. The van der Waals surface area contributed by atoms with E-state index in [0.29, 0.717) is 5.13 Å². The van der Waals surface area contributed by atoms with Crippen molar-refractivity contribution in [3.8, 4) is 0 Å². The molecule has 0 spiro atoms. The summed E-state index contributed by atoms with van der Waals surface area (Å²) in [6.45, 7) is 0.0886. The Hall–Kier alpha value is -2.41. The highest BCUT2D eigenvalue weighted by Crippen LogP contribution is 2.10. The highest BCUT2D eigenvalue weighted by Gasteiger charge is 2.14. The zero-order valence-corrected chi connectivity index (χ0v) is 12.3. The number of rotatable bonds is 5. The number of nitrogens with zero attached hydrogens (tertiary/aromatic N) is 2. The van der Waals surface area contributed by atoms with E-state index in [-0.39, 0.29) is 19.1 Å². The number of amides is 2. The van der Waals surface area contributed by atoms with Crippen LogP contribution in [0.4, 0.5) is 9.93 Å². The number of likely N-dealkylation sites (N-methyl/N-ethyl adjacent to an activating group) is 1. The van der Waals surface area contributed by atoms with Crippen molar-refractivity contribution >= 4 is 28.5 Å². The van der Waals surface area contributed by atoms with Crippen molar-refractivity contribution in [2.24, 2.45) is 0 Å². The first-order chi connectivity index (χ1) is 10.1. The topological polar surface area (TPSA) is 71.5 Å². The summed E-state index contributed by atoms with van der Waals surface area (Å²) in [6, 6.07) is 9.36. The quantitative estimate of drug-likeness (QED) is 0.920. The van der Waals surface area contributed by atoms with E-state index in [1.165, 1.54) is 23.3 Å². The number of aromatic nitrogens is 1. The fourth-order valence-corrected chi connectivity index (χ4v) is 2.10. The minimum absolute atomic E-state index is 0.0901. The predicted molar refractivity (Wildman–Crippen MR) is 80.0 cm³/mol. The SMILES string of the molecule is CN(CC(=O)Nc1nccs1)C(=O)OCc1ccccc1. The molecule has 2 rings (SSSR count). The number of benzene rings is 1. The van der Waals surface area contributed by atoms with Crippen LogP contribution in [0.25, 0.3) is 0 Å². The molecule has 110 valence electrons. The summed E-state index contributed by atoms with van der Waals surface area (Å²) < 4.78 is 5.12. The van der Waals surface area contributed by atoms with E-state index >= 15 is 0 Å². The molecule has 21 heavy (non-hydrogen) atoms. The summed E-state index contributed by atoms with van der Waals surface area (Å²) in [6.07, 6.45) is 1.05. The van der Waals surface area contributed by atoms with Gasteiger partial charge in [-0.2, -0.15) is 0 Å². The highest BCUT2D eigenvalue weighted by molar-refractivity contribution is 7.13. The van der Waals surface area contributed by atoms with Crippen LogP contribution in [0.5, 0.6) is 0 Å². The third-order valence-corrected chi connectivity index (χ3v) is 3.26. The number of anilines is 1. The van der Waals surface area contributed by atoms with E-state index in [0.717, 1.165) is 5.56 Å². The molecule has 6 nitrogen and oxygen atoms in total. The Balaban J connectivity index is 1.75. The van der Waals surface area contributed by atoms with Gasteiger partial charge in [0.1, 0.15) is 13.2 Å². The molecule has 7 heteroatoms. The fraction of sp³-hybridized carbons (Fsp3) is 0.214. The first-order valence-electron chi connectivity index (χ1n) is 6.26. The van der Waals surface area contributed by atoms with Gasteiger partial charge in [0, 0.05) is 18.6 Å². The first-order valence-corrected chi connectivity index (χ1v) is 7.14. The minimum atomic E-state index is -0.548. The van der Waals surface area contributed by atoms with E-state index < -0.39 is 6.09 Å². The van der Waals surface area contributed by atoms with Gasteiger partial charge in [0.2, 0.25) is 5.91 Å². The molecule has 1 N–H and O–H groups in total. The van der Waals surface area contributed by atoms with Gasteiger partial charge in [-0.25, -0.2) is 9.78 Å². The number of thiazole rings is 1. The maximum atomic E-state index is 11.8. The second kappa shape index (κ2) is 7.39. The van der Waals surface area contributed by atoms with Crippen molar-refractivity contribution in [3.05, 3.63) is 47.5 Å². The van der Waals surface area contributed by atoms with Gasteiger partial charge in [0.15, 0.2) is 5.13 Å². The van der Waals surface area contributed by atoms with Crippen LogP contribution in [0.1, 0.15) is 5.56 Å².